The molecule has 1 fully saturated rings. The van der Waals surface area contributed by atoms with Gasteiger partial charge in [0.2, 0.25) is 10.0 Å². The maximum atomic E-state index is 13.8. The molecule has 0 radical (unpaired) electrons. The summed E-state index contributed by atoms with van der Waals surface area (Å²) in [5.74, 6) is -0.902. The molecule has 0 bridgehead atoms. The van der Waals surface area contributed by atoms with Crippen LogP contribution in [-0.2, 0) is 21.2 Å². The number of rotatable bonds is 6. The predicted molar refractivity (Wildman–Crippen MR) is 89.9 cm³/mol. The van der Waals surface area contributed by atoms with Gasteiger partial charge in [0, 0.05) is 33.9 Å². The minimum atomic E-state index is -3.60. The highest BCUT2D eigenvalue weighted by molar-refractivity contribution is 9.10. The Bertz CT molecular complexity index is 808. The van der Waals surface area contributed by atoms with E-state index < -0.39 is 15.8 Å². The molecule has 1 saturated carbocycles. The number of aromatic nitrogens is 1. The number of hydrogen-bond acceptors (Lipinski definition) is 3. The van der Waals surface area contributed by atoms with Crippen LogP contribution in [-0.4, -0.2) is 19.9 Å². The molecule has 1 aromatic carbocycles. The first kappa shape index (κ1) is 16.5. The van der Waals surface area contributed by atoms with Crippen molar-refractivity contribution in [2.75, 3.05) is 6.54 Å². The molecule has 0 saturated heterocycles. The van der Waals surface area contributed by atoms with Crippen molar-refractivity contribution in [3.05, 3.63) is 64.1 Å². The Kier molecular flexibility index (Phi) is 4.53. The van der Waals surface area contributed by atoms with Crippen LogP contribution in [0.15, 0.2) is 47.1 Å². The summed E-state index contributed by atoms with van der Waals surface area (Å²) in [5.41, 5.74) is 0.841. The number of halogens is 2. The Morgan fingerprint density at radius 3 is 2.65 bits per heavy atom. The average molecular weight is 399 g/mol. The fourth-order valence-corrected chi connectivity index (χ4v) is 4.07. The minimum absolute atomic E-state index is 0.156. The van der Waals surface area contributed by atoms with Gasteiger partial charge in [0.1, 0.15) is 5.82 Å². The first-order valence-electron chi connectivity index (χ1n) is 7.23. The Labute approximate surface area is 143 Å². The largest absolute Gasteiger partial charge is 0.261 e. The van der Waals surface area contributed by atoms with E-state index in [-0.39, 0.29) is 16.7 Å². The number of hydrogen-bond donors (Lipinski definition) is 1. The number of nitrogens with one attached hydrogen (secondary N) is 1. The van der Waals surface area contributed by atoms with E-state index in [1.165, 1.54) is 12.1 Å². The molecular formula is C16H16BrFN2O2S. The molecule has 0 spiro atoms. The van der Waals surface area contributed by atoms with Gasteiger partial charge in [-0.25, -0.2) is 17.5 Å². The van der Waals surface area contributed by atoms with Gasteiger partial charge in [-0.05, 0) is 37.1 Å². The molecule has 1 aliphatic rings. The Morgan fingerprint density at radius 1 is 1.26 bits per heavy atom. The Balaban J connectivity index is 1.68. The molecule has 0 unspecified atom stereocenters. The summed E-state index contributed by atoms with van der Waals surface area (Å²) in [5, 5.41) is 0. The zero-order valence-electron chi connectivity index (χ0n) is 12.3. The molecule has 0 amide bonds. The van der Waals surface area contributed by atoms with Crippen molar-refractivity contribution in [1.82, 2.24) is 9.71 Å². The normalized spacial score (nSPS) is 16.3. The summed E-state index contributed by atoms with van der Waals surface area (Å²) in [7, 11) is -3.60. The highest BCUT2D eigenvalue weighted by Crippen LogP contribution is 2.46. The SMILES string of the molecule is O=S(=O)(Cc1ccc(Br)cc1F)NCC1(c2ccccn2)CC1. The molecule has 3 rings (SSSR count). The van der Waals surface area contributed by atoms with Crippen molar-refractivity contribution < 1.29 is 12.8 Å². The zero-order valence-corrected chi connectivity index (χ0v) is 14.7. The molecule has 7 heteroatoms. The summed E-state index contributed by atoms with van der Waals surface area (Å²) in [6.07, 6.45) is 3.51. The Hall–Kier alpha value is -1.31. The topological polar surface area (TPSA) is 59.1 Å². The van der Waals surface area contributed by atoms with Crippen molar-refractivity contribution in [2.24, 2.45) is 0 Å². The minimum Gasteiger partial charge on any atom is -0.261 e. The van der Waals surface area contributed by atoms with Crippen molar-refractivity contribution in [1.29, 1.82) is 0 Å². The van der Waals surface area contributed by atoms with Crippen LogP contribution < -0.4 is 4.72 Å². The lowest BCUT2D eigenvalue weighted by molar-refractivity contribution is 0.559. The molecule has 0 atom stereocenters. The summed E-state index contributed by atoms with van der Waals surface area (Å²) in [6.45, 7) is 0.296. The van der Waals surface area contributed by atoms with Gasteiger partial charge in [-0.15, -0.1) is 0 Å². The molecule has 1 aliphatic carbocycles. The van der Waals surface area contributed by atoms with Crippen molar-refractivity contribution in [3.8, 4) is 0 Å². The smallest absolute Gasteiger partial charge is 0.215 e. The van der Waals surface area contributed by atoms with Crippen LogP contribution in [0.4, 0.5) is 4.39 Å². The van der Waals surface area contributed by atoms with Gasteiger partial charge in [-0.3, -0.25) is 4.98 Å². The van der Waals surface area contributed by atoms with Crippen LogP contribution in [0.5, 0.6) is 0 Å². The predicted octanol–water partition coefficient (Wildman–Crippen LogP) is 3.13. The number of sulfonamides is 1. The van der Waals surface area contributed by atoms with Gasteiger partial charge < -0.3 is 0 Å². The molecular weight excluding hydrogens is 383 g/mol. The van der Waals surface area contributed by atoms with Gasteiger partial charge >= 0.3 is 0 Å². The second kappa shape index (κ2) is 6.30. The Morgan fingerprint density at radius 2 is 2.04 bits per heavy atom. The van der Waals surface area contributed by atoms with Gasteiger partial charge in [0.25, 0.3) is 0 Å². The van der Waals surface area contributed by atoms with E-state index in [0.717, 1.165) is 18.5 Å². The van der Waals surface area contributed by atoms with Gasteiger partial charge in [0.15, 0.2) is 0 Å². The third kappa shape index (κ3) is 3.97. The number of benzene rings is 1. The highest BCUT2D eigenvalue weighted by Gasteiger charge is 2.45. The third-order valence-electron chi connectivity index (χ3n) is 4.05. The van der Waals surface area contributed by atoms with Crippen molar-refractivity contribution >= 4 is 26.0 Å². The van der Waals surface area contributed by atoms with Crippen LogP contribution in [0.1, 0.15) is 24.1 Å². The van der Waals surface area contributed by atoms with E-state index in [0.29, 0.717) is 11.0 Å². The van der Waals surface area contributed by atoms with Gasteiger partial charge in [0.05, 0.1) is 5.75 Å². The van der Waals surface area contributed by atoms with Gasteiger partial charge in [-0.1, -0.05) is 28.1 Å². The van der Waals surface area contributed by atoms with Crippen LogP contribution in [0.3, 0.4) is 0 Å². The first-order chi connectivity index (χ1) is 10.9. The summed E-state index contributed by atoms with van der Waals surface area (Å²) < 4.78 is 41.5. The third-order valence-corrected chi connectivity index (χ3v) is 5.82. The van der Waals surface area contributed by atoms with Crippen LogP contribution in [0.2, 0.25) is 0 Å². The van der Waals surface area contributed by atoms with E-state index in [1.807, 2.05) is 18.2 Å². The molecule has 23 heavy (non-hydrogen) atoms. The summed E-state index contributed by atoms with van der Waals surface area (Å²) in [4.78, 5) is 4.32. The molecule has 1 aromatic heterocycles. The van der Waals surface area contributed by atoms with E-state index in [1.54, 1.807) is 12.3 Å². The molecule has 1 heterocycles. The van der Waals surface area contributed by atoms with E-state index in [4.69, 9.17) is 0 Å². The molecule has 122 valence electrons. The lowest BCUT2D eigenvalue weighted by Gasteiger charge is -2.16. The second-order valence-electron chi connectivity index (χ2n) is 5.81. The van der Waals surface area contributed by atoms with E-state index in [2.05, 4.69) is 25.6 Å². The molecule has 1 N–H and O–H groups in total. The lowest BCUT2D eigenvalue weighted by Crippen LogP contribution is -2.33. The van der Waals surface area contributed by atoms with Crippen molar-refractivity contribution in [2.45, 2.75) is 24.0 Å². The quantitative estimate of drug-likeness (QED) is 0.812. The van der Waals surface area contributed by atoms with Crippen molar-refractivity contribution in [3.63, 3.8) is 0 Å². The van der Waals surface area contributed by atoms with Gasteiger partial charge in [-0.2, -0.15) is 0 Å². The summed E-state index contributed by atoms with van der Waals surface area (Å²) in [6, 6.07) is 10.0. The summed E-state index contributed by atoms with van der Waals surface area (Å²) >= 11 is 3.15. The van der Waals surface area contributed by atoms with E-state index in [9.17, 15) is 12.8 Å². The fourth-order valence-electron chi connectivity index (χ4n) is 2.49. The lowest BCUT2D eigenvalue weighted by atomic mass is 10.0. The maximum Gasteiger partial charge on any atom is 0.215 e. The van der Waals surface area contributed by atoms with E-state index >= 15 is 0 Å². The average Bonchev–Trinajstić information content (AvgIpc) is 3.31. The van der Waals surface area contributed by atoms with Crippen LogP contribution in [0.25, 0.3) is 0 Å². The molecule has 4 nitrogen and oxygen atoms in total. The fraction of sp³-hybridized carbons (Fsp3) is 0.312. The monoisotopic (exact) mass is 398 g/mol. The molecule has 0 aliphatic heterocycles. The zero-order chi connectivity index (χ0) is 16.5. The highest BCUT2D eigenvalue weighted by atomic mass is 79.9. The van der Waals surface area contributed by atoms with Crippen LogP contribution in [0, 0.1) is 5.82 Å². The number of pyridine rings is 1. The standard InChI is InChI=1S/C16H16BrFN2O2S/c17-13-5-4-12(14(18)9-13)10-23(21,22)20-11-16(6-7-16)15-3-1-2-8-19-15/h1-5,8-9,20H,6-7,10-11H2. The van der Waals surface area contributed by atoms with Crippen LogP contribution >= 0.6 is 15.9 Å². The second-order valence-corrected chi connectivity index (χ2v) is 8.53. The number of nitrogens with zero attached hydrogens (tertiary/aromatic N) is 1. The molecule has 2 aromatic rings. The first-order valence-corrected chi connectivity index (χ1v) is 9.68. The maximum absolute atomic E-state index is 13.8.